The fourth-order valence-corrected chi connectivity index (χ4v) is 6.53. The predicted octanol–water partition coefficient (Wildman–Crippen LogP) is 8.67. The van der Waals surface area contributed by atoms with E-state index in [-0.39, 0.29) is 0 Å². The van der Waals surface area contributed by atoms with Gasteiger partial charge in [0.1, 0.15) is 5.82 Å². The predicted molar refractivity (Wildman–Crippen MR) is 158 cm³/mol. The molecule has 0 aliphatic rings. The number of pyridine rings is 1. The fraction of sp³-hybridized carbons (Fsp3) is 0. The molecule has 0 amide bonds. The van der Waals surface area contributed by atoms with Gasteiger partial charge < -0.3 is 0 Å². The first-order chi connectivity index (χ1) is 18.8. The average Bonchev–Trinajstić information content (AvgIpc) is 3.53. The van der Waals surface area contributed by atoms with Gasteiger partial charge in [0.15, 0.2) is 5.82 Å². The first-order valence-electron chi connectivity index (χ1n) is 12.5. The van der Waals surface area contributed by atoms with E-state index in [0.717, 1.165) is 39.1 Å². The van der Waals surface area contributed by atoms with Gasteiger partial charge >= 0.3 is 0 Å². The van der Waals surface area contributed by atoms with E-state index in [1.165, 1.54) is 25.6 Å². The second-order valence-electron chi connectivity index (χ2n) is 9.33. The number of nitrogens with zero attached hydrogens (tertiary/aromatic N) is 4. The van der Waals surface area contributed by atoms with Crippen LogP contribution in [0.25, 0.3) is 70.4 Å². The van der Waals surface area contributed by atoms with Crippen molar-refractivity contribution < 1.29 is 0 Å². The van der Waals surface area contributed by atoms with Crippen molar-refractivity contribution in [3.05, 3.63) is 122 Å². The van der Waals surface area contributed by atoms with Crippen molar-refractivity contribution in [2.45, 2.75) is 0 Å². The number of hydrogen-bond acceptors (Lipinski definition) is 4. The monoisotopic (exact) mass is 504 g/mol. The van der Waals surface area contributed by atoms with Crippen molar-refractivity contribution in [2.24, 2.45) is 0 Å². The highest BCUT2D eigenvalue weighted by atomic mass is 32.1. The van der Waals surface area contributed by atoms with Crippen LogP contribution in [0.2, 0.25) is 0 Å². The molecule has 4 aromatic carbocycles. The van der Waals surface area contributed by atoms with E-state index in [2.05, 4.69) is 82.3 Å². The lowest BCUT2D eigenvalue weighted by Gasteiger charge is -2.12. The minimum Gasteiger partial charge on any atom is -0.291 e. The molecule has 8 rings (SSSR count). The summed E-state index contributed by atoms with van der Waals surface area (Å²) in [5.41, 5.74) is 5.10. The molecule has 4 heterocycles. The lowest BCUT2D eigenvalue weighted by Crippen LogP contribution is -2.02. The summed E-state index contributed by atoms with van der Waals surface area (Å²) in [5.74, 6) is 1.52. The standard InChI is InChI=1S/C33H20N4S/c1-3-9-21(10-4-1)26-19-30(36-33(35-26)22-11-5-2-6-12-22)37-27-20-34-18-17-23(27)24-15-16-29-31(32(24)37)25-13-7-8-14-28(25)38-29/h1-20H. The maximum Gasteiger partial charge on any atom is 0.162 e. The molecule has 0 aliphatic carbocycles. The van der Waals surface area contributed by atoms with Gasteiger partial charge in [0.2, 0.25) is 0 Å². The van der Waals surface area contributed by atoms with Crippen molar-refractivity contribution in [3.63, 3.8) is 0 Å². The molecular formula is C33H20N4S. The van der Waals surface area contributed by atoms with Gasteiger partial charge in [0.05, 0.1) is 22.9 Å². The second kappa shape index (κ2) is 8.33. The molecule has 0 saturated heterocycles. The normalized spacial score (nSPS) is 11.7. The fourth-order valence-electron chi connectivity index (χ4n) is 5.42. The molecule has 38 heavy (non-hydrogen) atoms. The summed E-state index contributed by atoms with van der Waals surface area (Å²) in [4.78, 5) is 14.7. The van der Waals surface area contributed by atoms with Gasteiger partial charge in [0.25, 0.3) is 0 Å². The molecular weight excluding hydrogens is 484 g/mol. The summed E-state index contributed by atoms with van der Waals surface area (Å²) in [6.07, 6.45) is 3.81. The van der Waals surface area contributed by atoms with Crippen molar-refractivity contribution >= 4 is 53.3 Å². The van der Waals surface area contributed by atoms with E-state index in [1.54, 1.807) is 0 Å². The van der Waals surface area contributed by atoms with Gasteiger partial charge in [-0.25, -0.2) is 9.97 Å². The average molecular weight is 505 g/mol. The number of fused-ring (bicyclic) bond motifs is 7. The summed E-state index contributed by atoms with van der Waals surface area (Å²) in [5, 5.41) is 4.86. The van der Waals surface area contributed by atoms with Gasteiger partial charge in [-0.2, -0.15) is 0 Å². The van der Waals surface area contributed by atoms with Crippen molar-refractivity contribution in [2.75, 3.05) is 0 Å². The highest BCUT2D eigenvalue weighted by Gasteiger charge is 2.20. The Bertz CT molecular complexity index is 2070. The third kappa shape index (κ3) is 3.19. The smallest absolute Gasteiger partial charge is 0.162 e. The third-order valence-corrected chi connectivity index (χ3v) is 8.25. The van der Waals surface area contributed by atoms with Crippen LogP contribution in [0.5, 0.6) is 0 Å². The maximum atomic E-state index is 5.17. The van der Waals surface area contributed by atoms with Gasteiger partial charge in [-0.05, 0) is 18.2 Å². The van der Waals surface area contributed by atoms with Gasteiger partial charge in [-0.3, -0.25) is 9.55 Å². The Morgan fingerprint density at radius 3 is 2.21 bits per heavy atom. The van der Waals surface area contributed by atoms with Crippen molar-refractivity contribution in [1.29, 1.82) is 0 Å². The molecule has 4 aromatic heterocycles. The van der Waals surface area contributed by atoms with Crippen LogP contribution in [0.4, 0.5) is 0 Å². The molecule has 0 bridgehead atoms. The highest BCUT2D eigenvalue weighted by molar-refractivity contribution is 7.26. The Labute approximate surface area is 222 Å². The van der Waals surface area contributed by atoms with E-state index < -0.39 is 0 Å². The summed E-state index contributed by atoms with van der Waals surface area (Å²) < 4.78 is 4.82. The van der Waals surface area contributed by atoms with Crippen molar-refractivity contribution in [1.82, 2.24) is 19.5 Å². The molecule has 0 saturated carbocycles. The summed E-state index contributed by atoms with van der Waals surface area (Å²) in [6.45, 7) is 0. The van der Waals surface area contributed by atoms with Crippen LogP contribution >= 0.6 is 11.3 Å². The van der Waals surface area contributed by atoms with Crippen molar-refractivity contribution in [3.8, 4) is 28.5 Å². The Morgan fingerprint density at radius 1 is 0.605 bits per heavy atom. The first kappa shape index (κ1) is 21.2. The molecule has 5 heteroatoms. The van der Waals surface area contributed by atoms with Crippen LogP contribution in [-0.4, -0.2) is 19.5 Å². The molecule has 0 atom stereocenters. The van der Waals surface area contributed by atoms with Crippen LogP contribution in [0, 0.1) is 0 Å². The SMILES string of the molecule is c1ccc(-c2cc(-n3c4cnccc4c4ccc5sc6ccccc6c5c43)nc(-c3ccccc3)n2)cc1. The lowest BCUT2D eigenvalue weighted by atomic mass is 10.1. The molecule has 8 aromatic rings. The highest BCUT2D eigenvalue weighted by Crippen LogP contribution is 2.42. The zero-order valence-electron chi connectivity index (χ0n) is 20.2. The minimum absolute atomic E-state index is 0.697. The number of aromatic nitrogens is 4. The zero-order valence-corrected chi connectivity index (χ0v) is 21.1. The molecule has 0 aliphatic heterocycles. The summed E-state index contributed by atoms with van der Waals surface area (Å²) in [7, 11) is 0. The zero-order chi connectivity index (χ0) is 25.1. The second-order valence-corrected chi connectivity index (χ2v) is 10.4. The Morgan fingerprint density at radius 2 is 1.37 bits per heavy atom. The Hall–Kier alpha value is -4.87. The quantitative estimate of drug-likeness (QED) is 0.242. The number of thiophene rings is 1. The van der Waals surface area contributed by atoms with Crippen LogP contribution < -0.4 is 0 Å². The Balaban J connectivity index is 1.54. The summed E-state index contributed by atoms with van der Waals surface area (Å²) in [6, 6.07) is 37.8. The van der Waals surface area contributed by atoms with E-state index in [9.17, 15) is 0 Å². The van der Waals surface area contributed by atoms with Gasteiger partial charge in [0, 0.05) is 54.3 Å². The van der Waals surface area contributed by atoms with Crippen LogP contribution in [0.15, 0.2) is 122 Å². The largest absolute Gasteiger partial charge is 0.291 e. The van der Waals surface area contributed by atoms with E-state index in [0.29, 0.717) is 5.82 Å². The molecule has 178 valence electrons. The van der Waals surface area contributed by atoms with E-state index in [4.69, 9.17) is 9.97 Å². The lowest BCUT2D eigenvalue weighted by molar-refractivity contribution is 1.05. The van der Waals surface area contributed by atoms with Crippen LogP contribution in [0.3, 0.4) is 0 Å². The van der Waals surface area contributed by atoms with Crippen LogP contribution in [-0.2, 0) is 0 Å². The van der Waals surface area contributed by atoms with Gasteiger partial charge in [-0.15, -0.1) is 11.3 Å². The van der Waals surface area contributed by atoms with Crippen LogP contribution in [0.1, 0.15) is 0 Å². The number of rotatable bonds is 3. The number of hydrogen-bond donors (Lipinski definition) is 0. The maximum absolute atomic E-state index is 5.17. The van der Waals surface area contributed by atoms with E-state index in [1.807, 2.05) is 60.1 Å². The molecule has 0 N–H and O–H groups in total. The Kier molecular flexibility index (Phi) is 4.66. The molecule has 0 radical (unpaired) electrons. The molecule has 0 spiro atoms. The van der Waals surface area contributed by atoms with E-state index >= 15 is 0 Å². The number of benzene rings is 4. The molecule has 4 nitrogen and oxygen atoms in total. The van der Waals surface area contributed by atoms with Gasteiger partial charge in [-0.1, -0.05) is 84.9 Å². The topological polar surface area (TPSA) is 43.6 Å². The summed E-state index contributed by atoms with van der Waals surface area (Å²) >= 11 is 1.83. The molecule has 0 unspecified atom stereocenters. The minimum atomic E-state index is 0.697. The molecule has 0 fully saturated rings. The first-order valence-corrected chi connectivity index (χ1v) is 13.4. The third-order valence-electron chi connectivity index (χ3n) is 7.11.